The van der Waals surface area contributed by atoms with Crippen LogP contribution >= 0.6 is 11.6 Å². The number of hydrogen-bond donors (Lipinski definition) is 0. The lowest BCUT2D eigenvalue weighted by molar-refractivity contribution is -0.139. The number of aryl methyl sites for hydroxylation is 1. The molecule has 198 valence electrons. The Hall–Kier alpha value is -3.52. The summed E-state index contributed by atoms with van der Waals surface area (Å²) in [4.78, 5) is 27.3. The molecule has 0 unspecified atom stereocenters. The van der Waals surface area contributed by atoms with E-state index >= 15 is 0 Å². The fourth-order valence-electron chi connectivity index (χ4n) is 4.87. The van der Waals surface area contributed by atoms with Gasteiger partial charge in [0, 0.05) is 38.5 Å². The minimum absolute atomic E-state index is 0.0762. The van der Waals surface area contributed by atoms with Crippen molar-refractivity contribution in [3.05, 3.63) is 77.5 Å². The summed E-state index contributed by atoms with van der Waals surface area (Å²) in [6.07, 6.45) is 1.38. The van der Waals surface area contributed by atoms with Gasteiger partial charge in [0.05, 0.1) is 22.2 Å². The number of hydrogen-bond acceptors (Lipinski definition) is 5. The van der Waals surface area contributed by atoms with Gasteiger partial charge in [0.1, 0.15) is 17.5 Å². The zero-order valence-electron chi connectivity index (χ0n) is 22.0. The van der Waals surface area contributed by atoms with Crippen molar-refractivity contribution < 1.29 is 9.18 Å². The van der Waals surface area contributed by atoms with E-state index in [0.29, 0.717) is 37.5 Å². The van der Waals surface area contributed by atoms with Gasteiger partial charge in [-0.25, -0.2) is 19.0 Å². The molecule has 1 fully saturated rings. The van der Waals surface area contributed by atoms with Crippen LogP contribution in [0.4, 0.5) is 10.2 Å². The molecule has 5 rings (SSSR count). The van der Waals surface area contributed by atoms with Crippen LogP contribution in [-0.2, 0) is 11.2 Å². The number of rotatable bonds is 6. The summed E-state index contributed by atoms with van der Waals surface area (Å²) in [5.41, 5.74) is 2.72. The van der Waals surface area contributed by atoms with Gasteiger partial charge in [-0.1, -0.05) is 30.3 Å². The lowest BCUT2D eigenvalue weighted by Crippen LogP contribution is -2.43. The molecule has 0 aliphatic carbocycles. The number of nitrogens with zero attached hydrogens (tertiary/aromatic N) is 6. The number of carbonyl (C=O) groups is 1. The summed E-state index contributed by atoms with van der Waals surface area (Å²) < 4.78 is 15.4. The first-order valence-electron chi connectivity index (χ1n) is 12.9. The first-order valence-corrected chi connectivity index (χ1v) is 13.5. The number of alkyl halides is 1. The van der Waals surface area contributed by atoms with Gasteiger partial charge in [-0.05, 0) is 57.0 Å². The monoisotopic (exact) mass is 534 g/mol. The molecular formula is C29H32ClFN6O. The van der Waals surface area contributed by atoms with Gasteiger partial charge in [0.15, 0.2) is 5.65 Å². The Kier molecular flexibility index (Phi) is 7.34. The molecule has 7 nitrogen and oxygen atoms in total. The van der Waals surface area contributed by atoms with Gasteiger partial charge in [-0.15, -0.1) is 11.6 Å². The van der Waals surface area contributed by atoms with E-state index in [0.717, 1.165) is 41.1 Å². The standard InChI is InChI=1S/C29H32ClFN6O/c1-20-25-26(35-14-7-15-36(17-16-35)28(38)29(2,3)19-30)32-24(18-21-8-5-4-6-9-21)33-27(25)37(34-20)23-12-10-22(31)11-13-23/h4-6,8-13H,7,14-19H2,1-3H3. The van der Waals surface area contributed by atoms with Crippen LogP contribution in [-0.4, -0.2) is 62.6 Å². The number of benzene rings is 2. The lowest BCUT2D eigenvalue weighted by Gasteiger charge is -2.30. The number of aromatic nitrogens is 4. The molecular weight excluding hydrogens is 503 g/mol. The van der Waals surface area contributed by atoms with E-state index in [9.17, 15) is 9.18 Å². The van der Waals surface area contributed by atoms with Crippen LogP contribution in [0.1, 0.15) is 37.4 Å². The van der Waals surface area contributed by atoms with Crippen molar-refractivity contribution >= 4 is 34.4 Å². The van der Waals surface area contributed by atoms with Crippen molar-refractivity contribution in [1.29, 1.82) is 0 Å². The van der Waals surface area contributed by atoms with Crippen LogP contribution in [0.15, 0.2) is 54.6 Å². The van der Waals surface area contributed by atoms with Crippen molar-refractivity contribution in [3.8, 4) is 5.69 Å². The maximum atomic E-state index is 13.7. The summed E-state index contributed by atoms with van der Waals surface area (Å²) in [5.74, 6) is 1.55. The van der Waals surface area contributed by atoms with Crippen LogP contribution < -0.4 is 4.90 Å². The van der Waals surface area contributed by atoms with E-state index in [1.54, 1.807) is 16.8 Å². The fraction of sp³-hybridized carbons (Fsp3) is 0.379. The predicted molar refractivity (Wildman–Crippen MR) is 149 cm³/mol. The summed E-state index contributed by atoms with van der Waals surface area (Å²) in [6.45, 7) is 8.39. The number of halogens is 2. The van der Waals surface area contributed by atoms with E-state index < -0.39 is 5.41 Å². The van der Waals surface area contributed by atoms with E-state index in [4.69, 9.17) is 26.7 Å². The molecule has 0 spiro atoms. The zero-order valence-corrected chi connectivity index (χ0v) is 22.7. The highest BCUT2D eigenvalue weighted by atomic mass is 35.5. The molecule has 2 aromatic heterocycles. The maximum Gasteiger partial charge on any atom is 0.229 e. The third-order valence-electron chi connectivity index (χ3n) is 7.00. The van der Waals surface area contributed by atoms with E-state index in [2.05, 4.69) is 17.0 Å². The maximum absolute atomic E-state index is 13.7. The molecule has 9 heteroatoms. The second-order valence-electron chi connectivity index (χ2n) is 10.4. The van der Waals surface area contributed by atoms with Gasteiger partial charge in [-0.3, -0.25) is 4.79 Å². The van der Waals surface area contributed by atoms with Crippen LogP contribution in [0.25, 0.3) is 16.7 Å². The largest absolute Gasteiger partial charge is 0.354 e. The highest BCUT2D eigenvalue weighted by Crippen LogP contribution is 2.31. The Morgan fingerprint density at radius 1 is 1.00 bits per heavy atom. The van der Waals surface area contributed by atoms with Crippen molar-refractivity contribution in [2.75, 3.05) is 37.0 Å². The summed E-state index contributed by atoms with van der Waals surface area (Å²) >= 11 is 6.10. The Morgan fingerprint density at radius 2 is 1.74 bits per heavy atom. The molecule has 0 bridgehead atoms. The Bertz CT molecular complexity index is 1440. The average molecular weight is 535 g/mol. The molecule has 0 N–H and O–H groups in total. The third kappa shape index (κ3) is 5.23. The quantitative estimate of drug-likeness (QED) is 0.320. The summed E-state index contributed by atoms with van der Waals surface area (Å²) in [6, 6.07) is 16.4. The lowest BCUT2D eigenvalue weighted by atomic mass is 9.94. The van der Waals surface area contributed by atoms with Gasteiger partial charge in [-0.2, -0.15) is 5.10 Å². The Balaban J connectivity index is 1.56. The third-order valence-corrected chi connectivity index (χ3v) is 7.67. The highest BCUT2D eigenvalue weighted by molar-refractivity contribution is 6.19. The molecule has 1 aliphatic heterocycles. The molecule has 0 saturated carbocycles. The van der Waals surface area contributed by atoms with E-state index in [1.807, 2.05) is 43.9 Å². The summed E-state index contributed by atoms with van der Waals surface area (Å²) in [7, 11) is 0. The zero-order chi connectivity index (χ0) is 26.9. The molecule has 4 aromatic rings. The first kappa shape index (κ1) is 26.1. The summed E-state index contributed by atoms with van der Waals surface area (Å²) in [5, 5.41) is 5.66. The van der Waals surface area contributed by atoms with Gasteiger partial charge in [0.25, 0.3) is 0 Å². The molecule has 3 heterocycles. The van der Waals surface area contributed by atoms with Crippen LogP contribution in [0.2, 0.25) is 0 Å². The second kappa shape index (κ2) is 10.7. The van der Waals surface area contributed by atoms with Crippen LogP contribution in [0.3, 0.4) is 0 Å². The molecule has 0 atom stereocenters. The fourth-order valence-corrected chi connectivity index (χ4v) is 4.99. The topological polar surface area (TPSA) is 67.2 Å². The minimum Gasteiger partial charge on any atom is -0.354 e. The molecule has 0 radical (unpaired) electrons. The number of anilines is 1. The average Bonchev–Trinajstić information content (AvgIpc) is 3.09. The van der Waals surface area contributed by atoms with Crippen LogP contribution in [0, 0.1) is 18.2 Å². The molecule has 1 saturated heterocycles. The molecule has 38 heavy (non-hydrogen) atoms. The molecule has 1 aliphatic rings. The van der Waals surface area contributed by atoms with Crippen molar-refractivity contribution in [2.45, 2.75) is 33.6 Å². The van der Waals surface area contributed by atoms with Crippen molar-refractivity contribution in [1.82, 2.24) is 24.6 Å². The van der Waals surface area contributed by atoms with Crippen molar-refractivity contribution in [2.24, 2.45) is 5.41 Å². The highest BCUT2D eigenvalue weighted by Gasteiger charge is 2.33. The van der Waals surface area contributed by atoms with Gasteiger partial charge in [0.2, 0.25) is 5.91 Å². The van der Waals surface area contributed by atoms with Crippen molar-refractivity contribution in [3.63, 3.8) is 0 Å². The number of fused-ring (bicyclic) bond motifs is 1. The number of amides is 1. The molecule has 1 amide bonds. The first-order chi connectivity index (χ1) is 18.3. The second-order valence-corrected chi connectivity index (χ2v) is 10.7. The van der Waals surface area contributed by atoms with Crippen LogP contribution in [0.5, 0.6) is 0 Å². The predicted octanol–water partition coefficient (Wildman–Crippen LogP) is 5.16. The normalized spacial score (nSPS) is 14.7. The number of carbonyl (C=O) groups excluding carboxylic acids is 1. The Labute approximate surface area is 227 Å². The van der Waals surface area contributed by atoms with E-state index in [-0.39, 0.29) is 17.6 Å². The SMILES string of the molecule is Cc1nn(-c2ccc(F)cc2)c2nc(Cc3ccccc3)nc(N3CCCN(C(=O)C(C)(C)CCl)CC3)c12. The minimum atomic E-state index is -0.603. The van der Waals surface area contributed by atoms with E-state index in [1.165, 1.54) is 12.1 Å². The van der Waals surface area contributed by atoms with Gasteiger partial charge < -0.3 is 9.80 Å². The smallest absolute Gasteiger partial charge is 0.229 e. The molecule has 2 aromatic carbocycles. The Morgan fingerprint density at radius 3 is 2.45 bits per heavy atom. The van der Waals surface area contributed by atoms with Gasteiger partial charge >= 0.3 is 0 Å².